The van der Waals surface area contributed by atoms with E-state index in [-0.39, 0.29) is 6.61 Å². The van der Waals surface area contributed by atoms with Crippen molar-refractivity contribution in [1.29, 1.82) is 0 Å². The molecule has 1 fully saturated rings. The van der Waals surface area contributed by atoms with Crippen LogP contribution < -0.4 is 4.74 Å². The SMILES string of the molecule is CC1(C)OB(C(=Cc2ccc(Oc3ccccc3)cc2)CO)OC1(C)C. The first-order chi connectivity index (χ1) is 12.3. The zero-order valence-electron chi connectivity index (χ0n) is 15.7. The second-order valence-corrected chi connectivity index (χ2v) is 7.45. The average Bonchev–Trinajstić information content (AvgIpc) is 2.82. The summed E-state index contributed by atoms with van der Waals surface area (Å²) < 4.78 is 17.8. The van der Waals surface area contributed by atoms with Gasteiger partial charge in [0, 0.05) is 0 Å². The van der Waals surface area contributed by atoms with Crippen molar-refractivity contribution in [2.45, 2.75) is 38.9 Å². The first-order valence-electron chi connectivity index (χ1n) is 8.81. The topological polar surface area (TPSA) is 47.9 Å². The molecule has 0 aromatic heterocycles. The molecular weight excluding hydrogens is 327 g/mol. The van der Waals surface area contributed by atoms with Crippen LogP contribution in [0, 0.1) is 0 Å². The molecule has 0 radical (unpaired) electrons. The molecule has 0 aliphatic carbocycles. The van der Waals surface area contributed by atoms with E-state index in [1.54, 1.807) is 0 Å². The fraction of sp³-hybridized carbons (Fsp3) is 0.333. The molecule has 2 aromatic carbocycles. The first kappa shape index (κ1) is 18.7. The zero-order valence-corrected chi connectivity index (χ0v) is 15.7. The molecule has 3 rings (SSSR count). The second kappa shape index (κ2) is 7.27. The van der Waals surface area contributed by atoms with Crippen molar-refractivity contribution in [3.05, 3.63) is 65.6 Å². The third kappa shape index (κ3) is 4.01. The molecule has 0 atom stereocenters. The summed E-state index contributed by atoms with van der Waals surface area (Å²) in [7, 11) is -0.551. The molecule has 0 amide bonds. The molecule has 1 aliphatic heterocycles. The molecule has 4 nitrogen and oxygen atoms in total. The zero-order chi connectivity index (χ0) is 18.8. The molecule has 1 aliphatic rings. The van der Waals surface area contributed by atoms with Gasteiger partial charge in [-0.25, -0.2) is 0 Å². The Hall–Kier alpha value is -2.08. The summed E-state index contributed by atoms with van der Waals surface area (Å²) >= 11 is 0. The van der Waals surface area contributed by atoms with Gasteiger partial charge in [0.05, 0.1) is 17.8 Å². The van der Waals surface area contributed by atoms with Crippen LogP contribution in [0.3, 0.4) is 0 Å². The Bertz CT molecular complexity index is 750. The van der Waals surface area contributed by atoms with Crippen molar-refractivity contribution in [3.8, 4) is 11.5 Å². The first-order valence-corrected chi connectivity index (χ1v) is 8.81. The number of ether oxygens (including phenoxy) is 1. The Morgan fingerprint density at radius 2 is 1.46 bits per heavy atom. The van der Waals surface area contributed by atoms with E-state index in [1.165, 1.54) is 0 Å². The summed E-state index contributed by atoms with van der Waals surface area (Å²) in [5, 5.41) is 9.78. The van der Waals surface area contributed by atoms with E-state index in [2.05, 4.69) is 0 Å². The smallest absolute Gasteiger partial charge is 0.457 e. The largest absolute Gasteiger partial charge is 0.492 e. The minimum Gasteiger partial charge on any atom is -0.457 e. The second-order valence-electron chi connectivity index (χ2n) is 7.45. The Morgan fingerprint density at radius 1 is 0.923 bits per heavy atom. The van der Waals surface area contributed by atoms with Crippen LogP contribution in [-0.2, 0) is 9.31 Å². The number of hydrogen-bond acceptors (Lipinski definition) is 4. The maximum absolute atomic E-state index is 9.78. The van der Waals surface area contributed by atoms with Crippen LogP contribution in [0.5, 0.6) is 11.5 Å². The maximum atomic E-state index is 9.78. The summed E-state index contributed by atoms with van der Waals surface area (Å²) in [4.78, 5) is 0. The van der Waals surface area contributed by atoms with Gasteiger partial charge in [0.1, 0.15) is 11.5 Å². The van der Waals surface area contributed by atoms with Crippen LogP contribution in [0.2, 0.25) is 0 Å². The number of benzene rings is 2. The lowest BCUT2D eigenvalue weighted by Crippen LogP contribution is -2.41. The fourth-order valence-electron chi connectivity index (χ4n) is 2.65. The predicted octanol–water partition coefficient (Wildman–Crippen LogP) is 4.49. The number of aliphatic hydroxyl groups is 1. The van der Waals surface area contributed by atoms with Gasteiger partial charge >= 0.3 is 7.12 Å². The molecule has 0 bridgehead atoms. The van der Waals surface area contributed by atoms with Crippen LogP contribution in [0.15, 0.2) is 60.1 Å². The van der Waals surface area contributed by atoms with E-state index in [4.69, 9.17) is 14.0 Å². The Balaban J connectivity index is 1.74. The lowest BCUT2D eigenvalue weighted by atomic mass is 9.77. The van der Waals surface area contributed by atoms with Gasteiger partial charge in [0.2, 0.25) is 0 Å². The quantitative estimate of drug-likeness (QED) is 0.806. The Kier molecular flexibility index (Phi) is 5.23. The lowest BCUT2D eigenvalue weighted by Gasteiger charge is -2.32. The van der Waals surface area contributed by atoms with Gasteiger partial charge < -0.3 is 19.2 Å². The maximum Gasteiger partial charge on any atom is 0.492 e. The Morgan fingerprint density at radius 3 is 2.00 bits per heavy atom. The highest BCUT2D eigenvalue weighted by Crippen LogP contribution is 2.38. The van der Waals surface area contributed by atoms with Crippen LogP contribution in [0.25, 0.3) is 6.08 Å². The highest BCUT2D eigenvalue weighted by Gasteiger charge is 2.52. The van der Waals surface area contributed by atoms with Crippen molar-refractivity contribution in [2.24, 2.45) is 0 Å². The fourth-order valence-corrected chi connectivity index (χ4v) is 2.65. The summed E-state index contributed by atoms with van der Waals surface area (Å²) in [6.07, 6.45) is 1.90. The molecule has 5 heteroatoms. The summed E-state index contributed by atoms with van der Waals surface area (Å²) in [5.74, 6) is 1.55. The van der Waals surface area contributed by atoms with E-state index < -0.39 is 18.3 Å². The standard InChI is InChI=1S/C21H25BO4/c1-20(2)21(3,4)26-22(25-20)17(15-23)14-16-10-12-19(13-11-16)24-18-8-6-5-7-9-18/h5-14,23H,15H2,1-4H3. The highest BCUT2D eigenvalue weighted by atomic mass is 16.7. The molecule has 136 valence electrons. The van der Waals surface area contributed by atoms with Crippen molar-refractivity contribution in [3.63, 3.8) is 0 Å². The van der Waals surface area contributed by atoms with Gasteiger partial charge in [-0.05, 0) is 63.0 Å². The van der Waals surface area contributed by atoms with Crippen LogP contribution >= 0.6 is 0 Å². The van der Waals surface area contributed by atoms with Gasteiger partial charge in [0.15, 0.2) is 0 Å². The van der Waals surface area contributed by atoms with E-state index in [0.29, 0.717) is 5.47 Å². The summed E-state index contributed by atoms with van der Waals surface area (Å²) in [6, 6.07) is 17.3. The van der Waals surface area contributed by atoms with Gasteiger partial charge in [-0.3, -0.25) is 0 Å². The van der Waals surface area contributed by atoms with E-state index in [0.717, 1.165) is 17.1 Å². The van der Waals surface area contributed by atoms with Crippen molar-refractivity contribution >= 4 is 13.2 Å². The molecule has 0 spiro atoms. The number of aliphatic hydroxyl groups excluding tert-OH is 1. The number of hydrogen-bond donors (Lipinski definition) is 1. The third-order valence-corrected chi connectivity index (χ3v) is 4.95. The number of para-hydroxylation sites is 1. The minimum atomic E-state index is -0.551. The predicted molar refractivity (Wildman–Crippen MR) is 104 cm³/mol. The van der Waals surface area contributed by atoms with Gasteiger partial charge in [-0.1, -0.05) is 36.4 Å². The molecule has 0 unspecified atom stereocenters. The minimum absolute atomic E-state index is 0.126. The summed E-state index contributed by atoms with van der Waals surface area (Å²) in [5.41, 5.74) is 0.781. The van der Waals surface area contributed by atoms with Gasteiger partial charge in [-0.15, -0.1) is 0 Å². The molecule has 0 saturated carbocycles. The monoisotopic (exact) mass is 352 g/mol. The van der Waals surface area contributed by atoms with Crippen LogP contribution in [0.4, 0.5) is 0 Å². The Labute approximate surface area is 155 Å². The van der Waals surface area contributed by atoms with Crippen molar-refractivity contribution in [1.82, 2.24) is 0 Å². The van der Waals surface area contributed by atoms with Gasteiger partial charge in [-0.2, -0.15) is 0 Å². The normalized spacial score (nSPS) is 18.8. The number of rotatable bonds is 5. The molecule has 1 saturated heterocycles. The van der Waals surface area contributed by atoms with Gasteiger partial charge in [0.25, 0.3) is 0 Å². The lowest BCUT2D eigenvalue weighted by molar-refractivity contribution is 0.00578. The van der Waals surface area contributed by atoms with Crippen LogP contribution in [-0.4, -0.2) is 30.0 Å². The third-order valence-electron chi connectivity index (χ3n) is 4.95. The van der Waals surface area contributed by atoms with Crippen LogP contribution in [0.1, 0.15) is 33.3 Å². The molecular formula is C21H25BO4. The molecule has 2 aromatic rings. The van der Waals surface area contributed by atoms with E-state index in [9.17, 15) is 5.11 Å². The molecule has 1 heterocycles. The van der Waals surface area contributed by atoms with E-state index in [1.807, 2.05) is 88.4 Å². The molecule has 1 N–H and O–H groups in total. The molecule has 26 heavy (non-hydrogen) atoms. The average molecular weight is 352 g/mol. The highest BCUT2D eigenvalue weighted by molar-refractivity contribution is 6.55. The van der Waals surface area contributed by atoms with E-state index >= 15 is 0 Å². The van der Waals surface area contributed by atoms with Crippen molar-refractivity contribution in [2.75, 3.05) is 6.61 Å². The van der Waals surface area contributed by atoms with Crippen molar-refractivity contribution < 1.29 is 19.2 Å². The summed E-state index contributed by atoms with van der Waals surface area (Å²) in [6.45, 7) is 7.87.